The predicted octanol–water partition coefficient (Wildman–Crippen LogP) is 3.22. The van der Waals surface area contributed by atoms with Gasteiger partial charge in [-0.3, -0.25) is 4.79 Å². The number of carboxylic acid groups (broad SMARTS) is 1. The Balaban J connectivity index is 3.51. The molecule has 5 heteroatoms. The Morgan fingerprint density at radius 1 is 1.39 bits per heavy atom. The van der Waals surface area contributed by atoms with Crippen LogP contribution in [0.15, 0.2) is 10.5 Å². The van der Waals surface area contributed by atoms with E-state index >= 15 is 0 Å². The van der Waals surface area contributed by atoms with Crippen LogP contribution in [0.5, 0.6) is 11.5 Å². The second-order valence-electron chi connectivity index (χ2n) is 3.92. The number of halogens is 1. The van der Waals surface area contributed by atoms with Gasteiger partial charge in [0, 0.05) is 5.56 Å². The van der Waals surface area contributed by atoms with Crippen LogP contribution in [-0.2, 0) is 11.2 Å². The molecule has 1 N–H and O–H groups in total. The zero-order valence-electron chi connectivity index (χ0n) is 10.9. The van der Waals surface area contributed by atoms with E-state index in [2.05, 4.69) is 15.9 Å². The van der Waals surface area contributed by atoms with E-state index in [1.54, 1.807) is 14.0 Å². The molecule has 0 bridgehead atoms. The monoisotopic (exact) mass is 316 g/mol. The summed E-state index contributed by atoms with van der Waals surface area (Å²) >= 11 is 3.42. The van der Waals surface area contributed by atoms with Crippen LogP contribution in [0.25, 0.3) is 0 Å². The maximum absolute atomic E-state index is 11.1. The van der Waals surface area contributed by atoms with Gasteiger partial charge in [-0.2, -0.15) is 0 Å². The first kappa shape index (κ1) is 14.8. The highest BCUT2D eigenvalue weighted by Crippen LogP contribution is 2.43. The third-order valence-corrected chi connectivity index (χ3v) is 3.63. The normalized spacial score (nSPS) is 12.1. The summed E-state index contributed by atoms with van der Waals surface area (Å²) in [5, 5.41) is 9.13. The quantitative estimate of drug-likeness (QED) is 0.906. The lowest BCUT2D eigenvalue weighted by Gasteiger charge is -2.19. The Kier molecular flexibility index (Phi) is 5.02. The number of benzene rings is 1. The Labute approximate surface area is 115 Å². The molecular formula is C13H17BrO4. The molecule has 0 aromatic heterocycles. The molecule has 0 amide bonds. The summed E-state index contributed by atoms with van der Waals surface area (Å²) in [5.41, 5.74) is 1.60. The Hall–Kier alpha value is -1.23. The van der Waals surface area contributed by atoms with E-state index in [0.29, 0.717) is 21.5 Å². The molecule has 1 atom stereocenters. The summed E-state index contributed by atoms with van der Waals surface area (Å²) in [5.74, 6) is -0.311. The average Bonchev–Trinajstić information content (AvgIpc) is 2.36. The second-order valence-corrected chi connectivity index (χ2v) is 4.71. The Morgan fingerprint density at radius 3 is 2.33 bits per heavy atom. The average molecular weight is 317 g/mol. The van der Waals surface area contributed by atoms with Crippen LogP contribution in [0.4, 0.5) is 0 Å². The molecule has 0 radical (unpaired) electrons. The Bertz CT molecular complexity index is 457. The highest BCUT2D eigenvalue weighted by molar-refractivity contribution is 9.10. The molecule has 100 valence electrons. The standard InChI is InChI=1S/C13H17BrO4/c1-5-8-6-9(7(2)13(15)16)12(18-4)10(14)11(8)17-3/h6-7H,5H2,1-4H3,(H,15,16). The van der Waals surface area contributed by atoms with Crippen molar-refractivity contribution in [2.45, 2.75) is 26.2 Å². The van der Waals surface area contributed by atoms with Gasteiger partial charge in [0.2, 0.25) is 0 Å². The number of carbonyl (C=O) groups is 1. The summed E-state index contributed by atoms with van der Waals surface area (Å²) in [4.78, 5) is 11.1. The van der Waals surface area contributed by atoms with E-state index in [9.17, 15) is 4.79 Å². The summed E-state index contributed by atoms with van der Waals surface area (Å²) in [6.45, 7) is 3.63. The molecule has 0 aliphatic heterocycles. The SMILES string of the molecule is CCc1cc(C(C)C(=O)O)c(OC)c(Br)c1OC. The number of ether oxygens (including phenoxy) is 2. The third-order valence-electron chi connectivity index (χ3n) is 2.91. The maximum Gasteiger partial charge on any atom is 0.310 e. The lowest BCUT2D eigenvalue weighted by atomic mass is 9.96. The van der Waals surface area contributed by atoms with Crippen LogP contribution in [0.1, 0.15) is 30.9 Å². The van der Waals surface area contributed by atoms with Gasteiger partial charge in [0.05, 0.1) is 20.1 Å². The molecule has 1 unspecified atom stereocenters. The molecule has 1 aromatic carbocycles. The van der Waals surface area contributed by atoms with Crippen molar-refractivity contribution in [3.8, 4) is 11.5 Å². The summed E-state index contributed by atoms with van der Waals surface area (Å²) < 4.78 is 11.3. The van der Waals surface area contributed by atoms with Crippen LogP contribution in [0, 0.1) is 0 Å². The summed E-state index contributed by atoms with van der Waals surface area (Å²) in [6.07, 6.45) is 0.755. The number of hydrogen-bond acceptors (Lipinski definition) is 3. The fourth-order valence-electron chi connectivity index (χ4n) is 1.84. The van der Waals surface area contributed by atoms with Crippen molar-refractivity contribution in [3.05, 3.63) is 21.7 Å². The van der Waals surface area contributed by atoms with E-state index in [-0.39, 0.29) is 0 Å². The molecule has 0 aliphatic rings. The van der Waals surface area contributed by atoms with E-state index in [1.165, 1.54) is 7.11 Å². The molecular weight excluding hydrogens is 300 g/mol. The van der Waals surface area contributed by atoms with Gasteiger partial charge < -0.3 is 14.6 Å². The molecule has 0 fully saturated rings. The summed E-state index contributed by atoms with van der Waals surface area (Å²) in [6, 6.07) is 1.83. The number of carboxylic acids is 1. The first-order valence-corrected chi connectivity index (χ1v) is 6.43. The van der Waals surface area contributed by atoms with E-state index < -0.39 is 11.9 Å². The number of hydrogen-bond donors (Lipinski definition) is 1. The highest BCUT2D eigenvalue weighted by Gasteiger charge is 2.24. The van der Waals surface area contributed by atoms with Crippen molar-refractivity contribution in [1.82, 2.24) is 0 Å². The van der Waals surface area contributed by atoms with Crippen molar-refractivity contribution in [2.24, 2.45) is 0 Å². The number of methoxy groups -OCH3 is 2. The number of aryl methyl sites for hydroxylation is 1. The molecule has 0 spiro atoms. The minimum Gasteiger partial charge on any atom is -0.495 e. The van der Waals surface area contributed by atoms with Gasteiger partial charge in [-0.15, -0.1) is 0 Å². The smallest absolute Gasteiger partial charge is 0.310 e. The van der Waals surface area contributed by atoms with Gasteiger partial charge in [-0.25, -0.2) is 0 Å². The summed E-state index contributed by atoms with van der Waals surface area (Å²) in [7, 11) is 3.10. The maximum atomic E-state index is 11.1. The molecule has 18 heavy (non-hydrogen) atoms. The minimum absolute atomic E-state index is 0.513. The van der Waals surface area contributed by atoms with Gasteiger partial charge in [0.1, 0.15) is 16.0 Å². The number of rotatable bonds is 5. The lowest BCUT2D eigenvalue weighted by Crippen LogP contribution is -2.10. The number of aliphatic carboxylic acids is 1. The van der Waals surface area contributed by atoms with Gasteiger partial charge in [-0.05, 0) is 40.9 Å². The van der Waals surface area contributed by atoms with Crippen molar-refractivity contribution in [1.29, 1.82) is 0 Å². The molecule has 4 nitrogen and oxygen atoms in total. The minimum atomic E-state index is -0.882. The van der Waals surface area contributed by atoms with Crippen LogP contribution < -0.4 is 9.47 Å². The van der Waals surface area contributed by atoms with Crippen LogP contribution in [0.2, 0.25) is 0 Å². The van der Waals surface area contributed by atoms with Gasteiger partial charge >= 0.3 is 5.97 Å². The van der Waals surface area contributed by atoms with Crippen molar-refractivity contribution < 1.29 is 19.4 Å². The van der Waals surface area contributed by atoms with Crippen molar-refractivity contribution >= 4 is 21.9 Å². The fourth-order valence-corrected chi connectivity index (χ4v) is 2.64. The van der Waals surface area contributed by atoms with Crippen LogP contribution in [0.3, 0.4) is 0 Å². The molecule has 0 saturated carbocycles. The van der Waals surface area contributed by atoms with Crippen molar-refractivity contribution in [3.63, 3.8) is 0 Å². The molecule has 0 heterocycles. The zero-order valence-corrected chi connectivity index (χ0v) is 12.5. The molecule has 1 aromatic rings. The van der Waals surface area contributed by atoms with Gasteiger partial charge in [-0.1, -0.05) is 6.92 Å². The Morgan fingerprint density at radius 2 is 1.94 bits per heavy atom. The zero-order chi connectivity index (χ0) is 13.9. The second kappa shape index (κ2) is 6.09. The van der Waals surface area contributed by atoms with Crippen LogP contribution in [-0.4, -0.2) is 25.3 Å². The lowest BCUT2D eigenvalue weighted by molar-refractivity contribution is -0.138. The van der Waals surface area contributed by atoms with E-state index in [4.69, 9.17) is 14.6 Å². The molecule has 0 saturated heterocycles. The van der Waals surface area contributed by atoms with Crippen molar-refractivity contribution in [2.75, 3.05) is 14.2 Å². The fraction of sp³-hybridized carbons (Fsp3) is 0.462. The topological polar surface area (TPSA) is 55.8 Å². The predicted molar refractivity (Wildman–Crippen MR) is 72.7 cm³/mol. The highest BCUT2D eigenvalue weighted by atomic mass is 79.9. The third kappa shape index (κ3) is 2.61. The molecule has 1 rings (SSSR count). The van der Waals surface area contributed by atoms with Gasteiger partial charge in [0.15, 0.2) is 0 Å². The first-order valence-electron chi connectivity index (χ1n) is 5.63. The molecule has 0 aliphatic carbocycles. The van der Waals surface area contributed by atoms with Crippen LogP contribution >= 0.6 is 15.9 Å². The first-order chi connectivity index (χ1) is 8.47. The van der Waals surface area contributed by atoms with E-state index in [1.807, 2.05) is 13.0 Å². The van der Waals surface area contributed by atoms with Gasteiger partial charge in [0.25, 0.3) is 0 Å². The largest absolute Gasteiger partial charge is 0.495 e. The van der Waals surface area contributed by atoms with E-state index in [0.717, 1.165) is 12.0 Å².